The Bertz CT molecular complexity index is 698. The second kappa shape index (κ2) is 5.61. The molecule has 0 spiro atoms. The van der Waals surface area contributed by atoms with Crippen LogP contribution in [0, 0.1) is 13.8 Å². The fourth-order valence-corrected chi connectivity index (χ4v) is 3.77. The molecule has 6 heteroatoms. The SMILES string of the molecule is C=C1c2scc(C)c2NC(=S)N1CCCn1cnc(C)c1. The van der Waals surface area contributed by atoms with Gasteiger partial charge in [0.15, 0.2) is 5.11 Å². The molecule has 0 saturated carbocycles. The van der Waals surface area contributed by atoms with Crippen LogP contribution in [0.25, 0.3) is 5.70 Å². The van der Waals surface area contributed by atoms with Crippen LogP contribution in [-0.4, -0.2) is 26.1 Å². The van der Waals surface area contributed by atoms with Gasteiger partial charge in [0.25, 0.3) is 0 Å². The predicted octanol–water partition coefficient (Wildman–Crippen LogP) is 3.63. The minimum absolute atomic E-state index is 0.746. The zero-order valence-electron chi connectivity index (χ0n) is 12.2. The minimum atomic E-state index is 0.746. The number of thiocarbonyl (C=S) groups is 1. The monoisotopic (exact) mass is 318 g/mol. The van der Waals surface area contributed by atoms with Crippen LogP contribution in [0.3, 0.4) is 0 Å². The maximum atomic E-state index is 5.48. The van der Waals surface area contributed by atoms with Gasteiger partial charge in [-0.15, -0.1) is 11.3 Å². The van der Waals surface area contributed by atoms with Gasteiger partial charge in [-0.2, -0.15) is 0 Å². The van der Waals surface area contributed by atoms with Crippen molar-refractivity contribution in [2.24, 2.45) is 0 Å². The zero-order valence-corrected chi connectivity index (χ0v) is 13.9. The number of nitrogens with one attached hydrogen (secondary N) is 1. The number of aryl methyl sites for hydroxylation is 3. The van der Waals surface area contributed by atoms with Gasteiger partial charge in [-0.25, -0.2) is 4.98 Å². The molecule has 3 heterocycles. The molecule has 0 fully saturated rings. The first-order valence-corrected chi connectivity index (χ1v) is 8.19. The molecule has 2 aromatic heterocycles. The van der Waals surface area contributed by atoms with Crippen LogP contribution in [0.5, 0.6) is 0 Å². The number of aromatic nitrogens is 2. The van der Waals surface area contributed by atoms with Crippen molar-refractivity contribution in [3.8, 4) is 0 Å². The van der Waals surface area contributed by atoms with Gasteiger partial charge in [0, 0.05) is 19.3 Å². The number of anilines is 1. The van der Waals surface area contributed by atoms with Gasteiger partial charge in [0.2, 0.25) is 0 Å². The number of fused-ring (bicyclic) bond motifs is 1. The van der Waals surface area contributed by atoms with Gasteiger partial charge in [0.1, 0.15) is 0 Å². The molecular formula is C15H18N4S2. The lowest BCUT2D eigenvalue weighted by Crippen LogP contribution is -2.37. The van der Waals surface area contributed by atoms with E-state index in [0.717, 1.165) is 41.7 Å². The molecule has 0 amide bonds. The van der Waals surface area contributed by atoms with Crippen LogP contribution in [0.1, 0.15) is 22.6 Å². The van der Waals surface area contributed by atoms with E-state index >= 15 is 0 Å². The fourth-order valence-electron chi connectivity index (χ4n) is 2.47. The Hall–Kier alpha value is -1.66. The van der Waals surface area contributed by atoms with Crippen molar-refractivity contribution in [2.75, 3.05) is 11.9 Å². The molecule has 0 bridgehead atoms. The van der Waals surface area contributed by atoms with Gasteiger partial charge in [-0.05, 0) is 43.4 Å². The number of hydrogen-bond acceptors (Lipinski definition) is 3. The fraction of sp³-hybridized carbons (Fsp3) is 0.333. The Morgan fingerprint density at radius 3 is 2.90 bits per heavy atom. The largest absolute Gasteiger partial charge is 0.337 e. The lowest BCUT2D eigenvalue weighted by molar-refractivity contribution is 0.517. The van der Waals surface area contributed by atoms with E-state index in [1.807, 2.05) is 13.3 Å². The Labute approximate surface area is 134 Å². The summed E-state index contributed by atoms with van der Waals surface area (Å²) in [5, 5.41) is 6.22. The molecular weight excluding hydrogens is 300 g/mol. The smallest absolute Gasteiger partial charge is 0.178 e. The summed E-state index contributed by atoms with van der Waals surface area (Å²) >= 11 is 7.20. The number of thiophene rings is 1. The maximum Gasteiger partial charge on any atom is 0.178 e. The van der Waals surface area contributed by atoms with E-state index in [-0.39, 0.29) is 0 Å². The normalized spacial score (nSPS) is 14.3. The van der Waals surface area contributed by atoms with Gasteiger partial charge in [-0.3, -0.25) is 0 Å². The highest BCUT2D eigenvalue weighted by molar-refractivity contribution is 7.80. The number of rotatable bonds is 4. The summed E-state index contributed by atoms with van der Waals surface area (Å²) in [7, 11) is 0. The van der Waals surface area contributed by atoms with Gasteiger partial charge >= 0.3 is 0 Å². The summed E-state index contributed by atoms with van der Waals surface area (Å²) in [4.78, 5) is 7.53. The third-order valence-corrected chi connectivity index (χ3v) is 5.07. The molecule has 110 valence electrons. The molecule has 0 aromatic carbocycles. The molecule has 1 N–H and O–H groups in total. The van der Waals surface area contributed by atoms with Gasteiger partial charge < -0.3 is 14.8 Å². The molecule has 1 aliphatic heterocycles. The van der Waals surface area contributed by atoms with E-state index in [9.17, 15) is 0 Å². The average Bonchev–Trinajstić information content (AvgIpc) is 3.01. The van der Waals surface area contributed by atoms with Crippen molar-refractivity contribution >= 4 is 40.1 Å². The van der Waals surface area contributed by atoms with E-state index in [1.165, 1.54) is 10.4 Å². The van der Waals surface area contributed by atoms with Crippen LogP contribution >= 0.6 is 23.6 Å². The van der Waals surface area contributed by atoms with Crippen molar-refractivity contribution < 1.29 is 0 Å². The first-order valence-electron chi connectivity index (χ1n) is 6.90. The average molecular weight is 318 g/mol. The molecule has 0 radical (unpaired) electrons. The minimum Gasteiger partial charge on any atom is -0.337 e. The summed E-state index contributed by atoms with van der Waals surface area (Å²) in [6.07, 6.45) is 4.93. The maximum absolute atomic E-state index is 5.48. The zero-order chi connectivity index (χ0) is 15.0. The van der Waals surface area contributed by atoms with Gasteiger partial charge in [0.05, 0.1) is 28.3 Å². The highest BCUT2D eigenvalue weighted by Gasteiger charge is 2.25. The van der Waals surface area contributed by atoms with Crippen LogP contribution in [0.15, 0.2) is 24.5 Å². The summed E-state index contributed by atoms with van der Waals surface area (Å²) < 4.78 is 2.11. The molecule has 21 heavy (non-hydrogen) atoms. The number of imidazole rings is 1. The molecule has 4 nitrogen and oxygen atoms in total. The second-order valence-corrected chi connectivity index (χ2v) is 6.52. The quantitative estimate of drug-likeness (QED) is 0.873. The predicted molar refractivity (Wildman–Crippen MR) is 92.6 cm³/mol. The van der Waals surface area contributed by atoms with Gasteiger partial charge in [-0.1, -0.05) is 6.58 Å². The molecule has 2 aromatic rings. The lowest BCUT2D eigenvalue weighted by atomic mass is 10.2. The molecule has 0 atom stereocenters. The van der Waals surface area contributed by atoms with Crippen LogP contribution in [0.4, 0.5) is 5.69 Å². The first-order chi connectivity index (χ1) is 10.1. The topological polar surface area (TPSA) is 33.1 Å². The number of hydrogen-bond donors (Lipinski definition) is 1. The molecule has 0 aliphatic carbocycles. The Morgan fingerprint density at radius 1 is 1.38 bits per heavy atom. The van der Waals surface area contributed by atoms with E-state index in [4.69, 9.17) is 12.2 Å². The van der Waals surface area contributed by atoms with Crippen LogP contribution in [-0.2, 0) is 6.54 Å². The molecule has 3 rings (SSSR count). The molecule has 0 saturated heterocycles. The third kappa shape index (κ3) is 2.73. The Morgan fingerprint density at radius 2 is 2.19 bits per heavy atom. The summed E-state index contributed by atoms with van der Waals surface area (Å²) in [6, 6.07) is 0. The summed E-state index contributed by atoms with van der Waals surface area (Å²) in [5.74, 6) is 0. The highest BCUT2D eigenvalue weighted by atomic mass is 32.1. The van der Waals surface area contributed by atoms with Crippen LogP contribution in [0.2, 0.25) is 0 Å². The van der Waals surface area contributed by atoms with Crippen molar-refractivity contribution in [2.45, 2.75) is 26.8 Å². The first kappa shape index (κ1) is 14.3. The summed E-state index contributed by atoms with van der Waals surface area (Å²) in [6.45, 7) is 10.1. The van der Waals surface area contributed by atoms with E-state index < -0.39 is 0 Å². The summed E-state index contributed by atoms with van der Waals surface area (Å²) in [5.41, 5.74) is 4.41. The van der Waals surface area contributed by atoms with Crippen molar-refractivity contribution in [1.82, 2.24) is 14.5 Å². The molecule has 1 aliphatic rings. The highest BCUT2D eigenvalue weighted by Crippen LogP contribution is 2.38. The van der Waals surface area contributed by atoms with Crippen molar-refractivity contribution in [3.05, 3.63) is 40.6 Å². The Balaban J connectivity index is 1.66. The third-order valence-electron chi connectivity index (χ3n) is 3.60. The number of nitrogens with zero attached hydrogens (tertiary/aromatic N) is 3. The van der Waals surface area contributed by atoms with Crippen molar-refractivity contribution in [1.29, 1.82) is 0 Å². The lowest BCUT2D eigenvalue weighted by Gasteiger charge is -2.32. The standard InChI is InChI=1S/C15H18N4S2/c1-10-8-21-14-12(3)19(15(20)17-13(10)14)6-4-5-18-7-11(2)16-9-18/h7-9H,3-6H2,1-2H3,(H,17,20). The Kier molecular flexibility index (Phi) is 3.82. The van der Waals surface area contributed by atoms with E-state index in [2.05, 4.69) is 44.8 Å². The van der Waals surface area contributed by atoms with Crippen LogP contribution < -0.4 is 5.32 Å². The second-order valence-electron chi connectivity index (χ2n) is 5.26. The van der Waals surface area contributed by atoms with E-state index in [1.54, 1.807) is 11.3 Å². The van der Waals surface area contributed by atoms with Crippen molar-refractivity contribution in [3.63, 3.8) is 0 Å². The van der Waals surface area contributed by atoms with E-state index in [0.29, 0.717) is 0 Å². The molecule has 0 unspecified atom stereocenters.